The van der Waals surface area contributed by atoms with Crippen molar-refractivity contribution in [3.63, 3.8) is 0 Å². The number of furan rings is 1. The van der Waals surface area contributed by atoms with E-state index in [1.807, 2.05) is 43.3 Å². The first kappa shape index (κ1) is 13.6. The van der Waals surface area contributed by atoms with E-state index in [0.29, 0.717) is 11.5 Å². The summed E-state index contributed by atoms with van der Waals surface area (Å²) >= 11 is 4.23. The molecule has 3 nitrogen and oxygen atoms in total. The summed E-state index contributed by atoms with van der Waals surface area (Å²) < 4.78 is 16.2. The van der Waals surface area contributed by atoms with Gasteiger partial charge in [0, 0.05) is 5.56 Å². The number of hydrogen-bond donors (Lipinski definition) is 1. The molecule has 0 fully saturated rings. The summed E-state index contributed by atoms with van der Waals surface area (Å²) in [6, 6.07) is 9.51. The Labute approximate surface area is 118 Å². The van der Waals surface area contributed by atoms with Crippen LogP contribution in [-0.2, 0) is 0 Å². The van der Waals surface area contributed by atoms with Crippen molar-refractivity contribution >= 4 is 18.7 Å². The fraction of sp³-hybridized carbons (Fsp3) is 0.200. The van der Waals surface area contributed by atoms with Gasteiger partial charge in [-0.1, -0.05) is 0 Å². The number of allylic oxidation sites excluding steroid dienone is 1. The lowest BCUT2D eigenvalue weighted by Crippen LogP contribution is -1.90. The molecule has 0 aliphatic carbocycles. The van der Waals surface area contributed by atoms with E-state index in [1.165, 1.54) is 0 Å². The molecular formula is C15H16O3S. The van der Waals surface area contributed by atoms with Crippen molar-refractivity contribution in [3.8, 4) is 22.8 Å². The molecule has 4 heteroatoms. The first-order valence-electron chi connectivity index (χ1n) is 5.83. The molecule has 2 rings (SSSR count). The highest BCUT2D eigenvalue weighted by Crippen LogP contribution is 2.33. The van der Waals surface area contributed by atoms with Gasteiger partial charge >= 0.3 is 0 Å². The van der Waals surface area contributed by atoms with Crippen LogP contribution in [0.1, 0.15) is 12.7 Å². The second kappa shape index (κ2) is 5.89. The Balaban J connectivity index is 2.36. The third kappa shape index (κ3) is 3.15. The Morgan fingerprint density at radius 2 is 1.84 bits per heavy atom. The van der Waals surface area contributed by atoms with Crippen LogP contribution >= 0.6 is 12.6 Å². The van der Waals surface area contributed by atoms with Crippen molar-refractivity contribution in [1.29, 1.82) is 0 Å². The molecule has 0 N–H and O–H groups in total. The molecule has 0 unspecified atom stereocenters. The van der Waals surface area contributed by atoms with E-state index in [9.17, 15) is 0 Å². The highest BCUT2D eigenvalue weighted by Gasteiger charge is 2.08. The molecule has 0 aliphatic rings. The second-order valence-corrected chi connectivity index (χ2v) is 4.76. The Morgan fingerprint density at radius 1 is 1.11 bits per heavy atom. The van der Waals surface area contributed by atoms with Crippen LogP contribution in [0.2, 0.25) is 0 Å². The molecule has 0 saturated heterocycles. The maximum atomic E-state index is 5.73. The first-order valence-corrected chi connectivity index (χ1v) is 6.28. The number of hydrogen-bond acceptors (Lipinski definition) is 4. The van der Waals surface area contributed by atoms with E-state index in [2.05, 4.69) is 12.6 Å². The smallest absolute Gasteiger partial charge is 0.161 e. The summed E-state index contributed by atoms with van der Waals surface area (Å²) in [4.78, 5) is 0.896. The molecule has 0 amide bonds. The van der Waals surface area contributed by atoms with Crippen molar-refractivity contribution in [2.45, 2.75) is 6.92 Å². The average Bonchev–Trinajstić information content (AvgIpc) is 2.85. The summed E-state index contributed by atoms with van der Waals surface area (Å²) in [6.45, 7) is 1.90. The quantitative estimate of drug-likeness (QED) is 0.847. The minimum absolute atomic E-state index is 0.680. The van der Waals surface area contributed by atoms with Crippen LogP contribution in [0.3, 0.4) is 0 Å². The van der Waals surface area contributed by atoms with Gasteiger partial charge in [-0.25, -0.2) is 0 Å². The highest BCUT2D eigenvalue weighted by molar-refractivity contribution is 7.84. The van der Waals surface area contributed by atoms with Gasteiger partial charge in [-0.3, -0.25) is 0 Å². The molecule has 1 aromatic carbocycles. The normalized spacial score (nSPS) is 11.5. The van der Waals surface area contributed by atoms with Crippen LogP contribution in [0.4, 0.5) is 0 Å². The van der Waals surface area contributed by atoms with Gasteiger partial charge < -0.3 is 13.9 Å². The Morgan fingerprint density at radius 3 is 2.47 bits per heavy atom. The predicted octanol–water partition coefficient (Wildman–Crippen LogP) is 4.25. The number of methoxy groups -OCH3 is 2. The maximum absolute atomic E-state index is 5.73. The van der Waals surface area contributed by atoms with Gasteiger partial charge in [-0.15, -0.1) is 12.6 Å². The van der Waals surface area contributed by atoms with Gasteiger partial charge in [0.2, 0.25) is 0 Å². The number of ether oxygens (including phenoxy) is 2. The van der Waals surface area contributed by atoms with E-state index in [-0.39, 0.29) is 0 Å². The first-order chi connectivity index (χ1) is 9.13. The highest BCUT2D eigenvalue weighted by atomic mass is 32.1. The third-order valence-corrected chi connectivity index (χ3v) is 2.78. The molecule has 1 heterocycles. The van der Waals surface area contributed by atoms with Crippen LogP contribution in [0.5, 0.6) is 11.5 Å². The number of rotatable bonds is 4. The monoisotopic (exact) mass is 276 g/mol. The minimum Gasteiger partial charge on any atom is -0.493 e. The molecule has 0 radical (unpaired) electrons. The molecule has 19 heavy (non-hydrogen) atoms. The van der Waals surface area contributed by atoms with Gasteiger partial charge in [-0.2, -0.15) is 0 Å². The third-order valence-electron chi connectivity index (χ3n) is 2.65. The molecule has 0 aliphatic heterocycles. The number of benzene rings is 1. The van der Waals surface area contributed by atoms with Gasteiger partial charge in [0.15, 0.2) is 11.5 Å². The zero-order valence-electron chi connectivity index (χ0n) is 11.1. The van der Waals surface area contributed by atoms with Crippen molar-refractivity contribution in [2.75, 3.05) is 14.2 Å². The molecule has 0 atom stereocenters. The van der Waals surface area contributed by atoms with Gasteiger partial charge in [0.1, 0.15) is 11.5 Å². The summed E-state index contributed by atoms with van der Waals surface area (Å²) in [6.07, 6.45) is 1.87. The van der Waals surface area contributed by atoms with Crippen molar-refractivity contribution in [3.05, 3.63) is 41.0 Å². The molecule has 0 saturated carbocycles. The standard InChI is InChI=1S/C15H16O3S/c1-10(19)8-12-5-7-13(18-12)11-4-6-14(16-2)15(9-11)17-3/h4-9,19H,1-3H3/b10-8-. The van der Waals surface area contributed by atoms with Crippen LogP contribution in [0.25, 0.3) is 17.4 Å². The maximum Gasteiger partial charge on any atom is 0.161 e. The number of thiol groups is 1. The Hall–Kier alpha value is -1.81. The summed E-state index contributed by atoms with van der Waals surface area (Å²) in [5.74, 6) is 2.93. The van der Waals surface area contributed by atoms with Gasteiger partial charge in [-0.05, 0) is 48.2 Å². The van der Waals surface area contributed by atoms with Crippen LogP contribution < -0.4 is 9.47 Å². The zero-order chi connectivity index (χ0) is 13.8. The zero-order valence-corrected chi connectivity index (χ0v) is 12.0. The Kier molecular flexibility index (Phi) is 4.22. The summed E-state index contributed by atoms with van der Waals surface area (Å²) in [5, 5.41) is 0. The lowest BCUT2D eigenvalue weighted by Gasteiger charge is -2.08. The topological polar surface area (TPSA) is 31.6 Å². The Bertz CT molecular complexity index is 595. The second-order valence-electron chi connectivity index (χ2n) is 4.06. The van der Waals surface area contributed by atoms with Gasteiger partial charge in [0.25, 0.3) is 0 Å². The fourth-order valence-electron chi connectivity index (χ4n) is 1.78. The lowest BCUT2D eigenvalue weighted by atomic mass is 10.1. The van der Waals surface area contributed by atoms with Crippen LogP contribution in [0.15, 0.2) is 39.7 Å². The van der Waals surface area contributed by atoms with Crippen molar-refractivity contribution < 1.29 is 13.9 Å². The summed E-state index contributed by atoms with van der Waals surface area (Å²) in [5.41, 5.74) is 0.939. The van der Waals surface area contributed by atoms with Gasteiger partial charge in [0.05, 0.1) is 14.2 Å². The fourth-order valence-corrected chi connectivity index (χ4v) is 1.91. The SMILES string of the molecule is COc1ccc(-c2ccc(/C=C(/C)S)o2)cc1OC. The van der Waals surface area contributed by atoms with E-state index < -0.39 is 0 Å². The van der Waals surface area contributed by atoms with Crippen LogP contribution in [0, 0.1) is 0 Å². The van der Waals surface area contributed by atoms with E-state index >= 15 is 0 Å². The molecule has 1 aromatic heterocycles. The van der Waals surface area contributed by atoms with E-state index in [1.54, 1.807) is 14.2 Å². The molecular weight excluding hydrogens is 260 g/mol. The average molecular weight is 276 g/mol. The molecule has 0 bridgehead atoms. The van der Waals surface area contributed by atoms with E-state index in [0.717, 1.165) is 22.0 Å². The van der Waals surface area contributed by atoms with Crippen LogP contribution in [-0.4, -0.2) is 14.2 Å². The lowest BCUT2D eigenvalue weighted by molar-refractivity contribution is 0.355. The molecule has 100 valence electrons. The molecule has 0 spiro atoms. The minimum atomic E-state index is 0.680. The van der Waals surface area contributed by atoms with Crippen molar-refractivity contribution in [1.82, 2.24) is 0 Å². The summed E-state index contributed by atoms with van der Waals surface area (Å²) in [7, 11) is 3.23. The predicted molar refractivity (Wildman–Crippen MR) is 79.9 cm³/mol. The largest absolute Gasteiger partial charge is 0.493 e. The van der Waals surface area contributed by atoms with E-state index in [4.69, 9.17) is 13.9 Å². The van der Waals surface area contributed by atoms with Crippen molar-refractivity contribution in [2.24, 2.45) is 0 Å². The molecule has 2 aromatic rings.